The van der Waals surface area contributed by atoms with Crippen LogP contribution in [0.15, 0.2) is 35.3 Å². The highest BCUT2D eigenvalue weighted by Gasteiger charge is 2.47. The first-order chi connectivity index (χ1) is 49.0. The molecule has 12 amide bonds. The monoisotopic (exact) mass is 1520 g/mol. The fraction of sp³-hybridized carbons (Fsp3) is 0.687. The van der Waals surface area contributed by atoms with E-state index in [4.69, 9.17) is 36.6 Å². The molecule has 598 valence electrons. The molecule has 1 aliphatic carbocycles. The molecular formula is C67H108F3N15O21. The smallest absolute Gasteiger partial charge is 0.475 e. The number of aliphatic imine (C=N–C) groups is 1. The van der Waals surface area contributed by atoms with Gasteiger partial charge in [0.2, 0.25) is 65.0 Å². The summed E-state index contributed by atoms with van der Waals surface area (Å²) in [5.41, 5.74) is 13.0. The fourth-order valence-corrected chi connectivity index (χ4v) is 10.8. The van der Waals surface area contributed by atoms with Crippen LogP contribution >= 0.6 is 0 Å². The molecule has 14 atom stereocenters. The van der Waals surface area contributed by atoms with Crippen molar-refractivity contribution in [3.05, 3.63) is 35.9 Å². The van der Waals surface area contributed by atoms with E-state index in [1.807, 2.05) is 10.6 Å². The van der Waals surface area contributed by atoms with Crippen molar-refractivity contribution in [1.82, 2.24) is 58.5 Å². The Morgan fingerprint density at radius 2 is 1.23 bits per heavy atom. The second kappa shape index (κ2) is 42.0. The van der Waals surface area contributed by atoms with E-state index in [9.17, 15) is 81.5 Å². The van der Waals surface area contributed by atoms with Crippen molar-refractivity contribution in [3.63, 3.8) is 0 Å². The number of nitrogens with zero attached hydrogens (tertiary/aromatic N) is 1. The number of rotatable bonds is 21. The van der Waals surface area contributed by atoms with Gasteiger partial charge in [-0.1, -0.05) is 118 Å². The van der Waals surface area contributed by atoms with E-state index in [0.717, 1.165) is 6.92 Å². The number of amides is 12. The van der Waals surface area contributed by atoms with Gasteiger partial charge >= 0.3 is 24.2 Å². The summed E-state index contributed by atoms with van der Waals surface area (Å²) in [6.45, 7) is 18.3. The van der Waals surface area contributed by atoms with Gasteiger partial charge in [0, 0.05) is 6.54 Å². The zero-order valence-corrected chi connectivity index (χ0v) is 61.9. The maximum absolute atomic E-state index is 15.7. The van der Waals surface area contributed by atoms with E-state index in [0.29, 0.717) is 19.3 Å². The van der Waals surface area contributed by atoms with Crippen molar-refractivity contribution in [1.29, 1.82) is 0 Å². The molecule has 2 unspecified atom stereocenters. The van der Waals surface area contributed by atoms with Gasteiger partial charge in [-0.25, -0.2) is 14.4 Å². The predicted octanol–water partition coefficient (Wildman–Crippen LogP) is -2.56. The number of ether oxygens (including phenoxy) is 2. The second-order valence-electron chi connectivity index (χ2n) is 29.0. The SMILES string of the molecule is CC[C@H](C)C1NC(=O)[C@@H](CCCN=C(N)N)NC(=O)[C@H](CC(C)C)NC(=O)[C@H]([C@H](O)C(C)C)NC(=O)[C@@H](NC(=O)[C@H](CC(C)(C)C)NC(=O)C2(NC(=O)OC(C)(C)C)CCCCC2)[C@@H](c2ccccc2)OC(=O)[C@H](CO)NC(=O)[C@H]([C@H](O)C(N)=O)NC(=O)CNC(=O)C([C@H](C)O)NC1=O.O=C(O)C(F)(F)F. The molecule has 106 heavy (non-hydrogen) atoms. The molecule has 1 saturated carbocycles. The average Bonchev–Trinajstić information content (AvgIpc) is 0.894. The number of nitrogens with two attached hydrogens (primary N) is 3. The highest BCUT2D eigenvalue weighted by molar-refractivity contribution is 6.01. The summed E-state index contributed by atoms with van der Waals surface area (Å²) in [5, 5.41) is 78.6. The van der Waals surface area contributed by atoms with Crippen LogP contribution in [0.3, 0.4) is 0 Å². The molecule has 22 N–H and O–H groups in total. The topological polar surface area (TPSA) is 581 Å². The van der Waals surface area contributed by atoms with Crippen LogP contribution in [-0.4, -0.2) is 224 Å². The standard InChI is InChI=1S/C65H107N15O19.C2HF3O2/c1-14-34(6)42-55(91)77-43(35(7)82)54(90)70-30-41(83)75-45(48(85)50(66)86)57(93)73-40(31-81)59(95)98-49(36-22-17-15-18-23-36)46(79-53(89)39(29-63(8,9)10)74-60(96)65(25-19-16-20-26-65)80-62(97)99-64(11,12)13)58(94)78-44(47(84)33(4)5)56(92)72-38(28-32(2)3)52(88)71-37(51(87)76-42)24-21-27-69-61(67)68;3-2(4,5)1(6)7/h15,17-18,22-23,32-35,37-40,42-49,81-82,84-85H,14,16,19-21,24-31H2,1-13H3,(H2,66,86)(H,70,90)(H,71,88)(H,72,92)(H,73,93)(H,74,96)(H,75,83)(H,76,87)(H,77,91)(H,78,94)(H,79,89)(H,80,97)(H4,67,68,69);(H,6,7)/t34-,35-,37+,38-,39-,40-,42?,43?,44-,45-,46-,47+,48-,49+;/m0./s1. The first-order valence-electron chi connectivity index (χ1n) is 34.6. The molecule has 1 aliphatic heterocycles. The number of aliphatic hydroxyl groups excluding tert-OH is 4. The summed E-state index contributed by atoms with van der Waals surface area (Å²) >= 11 is 0. The van der Waals surface area contributed by atoms with Crippen molar-refractivity contribution < 1.29 is 115 Å². The quantitative estimate of drug-likeness (QED) is 0.0261. The molecule has 39 heteroatoms. The van der Waals surface area contributed by atoms with Crippen molar-refractivity contribution in [2.24, 2.45) is 45.4 Å². The first kappa shape index (κ1) is 92.6. The van der Waals surface area contributed by atoms with E-state index in [2.05, 4.69) is 52.8 Å². The van der Waals surface area contributed by atoms with E-state index in [1.54, 1.807) is 69.2 Å². The van der Waals surface area contributed by atoms with Gasteiger partial charge in [-0.05, 0) is 95.0 Å². The highest BCUT2D eigenvalue weighted by Crippen LogP contribution is 2.31. The van der Waals surface area contributed by atoms with Crippen molar-refractivity contribution in [2.75, 3.05) is 19.7 Å². The molecule has 0 bridgehead atoms. The zero-order chi connectivity index (χ0) is 81.1. The Kier molecular flexibility index (Phi) is 36.7. The number of hydrogen-bond acceptors (Lipinski definition) is 21. The summed E-state index contributed by atoms with van der Waals surface area (Å²) in [7, 11) is 0. The van der Waals surface area contributed by atoms with Gasteiger partial charge in [0.25, 0.3) is 0 Å². The number of alkyl carbamates (subject to hydrolysis) is 1. The number of guanidine groups is 1. The molecule has 0 spiro atoms. The fourth-order valence-electron chi connectivity index (χ4n) is 10.8. The van der Waals surface area contributed by atoms with Gasteiger partial charge in [0.15, 0.2) is 24.2 Å². The van der Waals surface area contributed by atoms with Gasteiger partial charge in [0.05, 0.1) is 25.4 Å². The number of carboxylic acid groups (broad SMARTS) is 1. The van der Waals surface area contributed by atoms with Crippen LogP contribution in [0.2, 0.25) is 0 Å². The normalized spacial score (nSPS) is 23.9. The first-order valence-corrected chi connectivity index (χ1v) is 34.6. The Morgan fingerprint density at radius 1 is 0.698 bits per heavy atom. The lowest BCUT2D eigenvalue weighted by molar-refractivity contribution is -0.192. The Hall–Kier alpha value is -9.50. The number of alkyl halides is 3. The lowest BCUT2D eigenvalue weighted by Crippen LogP contribution is -2.65. The van der Waals surface area contributed by atoms with Crippen molar-refractivity contribution in [2.45, 2.75) is 250 Å². The Labute approximate surface area is 612 Å². The van der Waals surface area contributed by atoms with Crippen LogP contribution < -0.4 is 75.7 Å². The molecule has 3 rings (SSSR count). The van der Waals surface area contributed by atoms with Crippen LogP contribution in [0.1, 0.15) is 166 Å². The number of benzene rings is 1. The van der Waals surface area contributed by atoms with Gasteiger partial charge in [-0.3, -0.25) is 57.7 Å². The molecule has 0 radical (unpaired) electrons. The number of cyclic esters (lactones) is 1. The number of esters is 1. The minimum atomic E-state index is -5.08. The van der Waals surface area contributed by atoms with Crippen molar-refractivity contribution in [3.8, 4) is 0 Å². The molecule has 1 aromatic carbocycles. The summed E-state index contributed by atoms with van der Waals surface area (Å²) in [6.07, 6.45) is -12.7. The number of nitrogens with one attached hydrogen (secondary N) is 11. The number of hydrogen-bond donors (Lipinski definition) is 19. The zero-order valence-electron chi connectivity index (χ0n) is 61.9. The summed E-state index contributed by atoms with van der Waals surface area (Å²) in [5.74, 6) is -20.0. The van der Waals surface area contributed by atoms with E-state index >= 15 is 14.4 Å². The minimum Gasteiger partial charge on any atom is -0.475 e. The third kappa shape index (κ3) is 30.9. The molecule has 2 fully saturated rings. The summed E-state index contributed by atoms with van der Waals surface area (Å²) in [6, 6.07) is -10.1. The van der Waals surface area contributed by atoms with Crippen LogP contribution in [0, 0.1) is 23.2 Å². The van der Waals surface area contributed by atoms with Crippen LogP contribution in [-0.2, 0) is 71.8 Å². The van der Waals surface area contributed by atoms with Gasteiger partial charge in [-0.2, -0.15) is 13.2 Å². The van der Waals surface area contributed by atoms with E-state index < -0.39 is 215 Å². The average molecular weight is 1520 g/mol. The maximum atomic E-state index is 15.7. The molecule has 1 aromatic rings. The molecule has 36 nitrogen and oxygen atoms in total. The third-order valence-electron chi connectivity index (χ3n) is 16.6. The summed E-state index contributed by atoms with van der Waals surface area (Å²) < 4.78 is 43.3. The highest BCUT2D eigenvalue weighted by atomic mass is 19.4. The lowest BCUT2D eigenvalue weighted by atomic mass is 9.80. The van der Waals surface area contributed by atoms with Crippen molar-refractivity contribution >= 4 is 89.0 Å². The lowest BCUT2D eigenvalue weighted by Gasteiger charge is -2.39. The minimum absolute atomic E-state index is 0.0319. The Balaban J connectivity index is 0.00000517. The molecule has 2 aliphatic rings. The van der Waals surface area contributed by atoms with Gasteiger partial charge in [-0.15, -0.1) is 0 Å². The number of carboxylic acids is 1. The van der Waals surface area contributed by atoms with E-state index in [-0.39, 0.29) is 63.0 Å². The number of primary amides is 1. The van der Waals surface area contributed by atoms with Crippen LogP contribution in [0.5, 0.6) is 0 Å². The maximum Gasteiger partial charge on any atom is 0.490 e. The summed E-state index contributed by atoms with van der Waals surface area (Å²) in [4.78, 5) is 200. The second-order valence-corrected chi connectivity index (χ2v) is 29.0. The number of aliphatic hydroxyl groups is 4. The number of carbonyl (C=O) groups is 14. The molecule has 1 heterocycles. The van der Waals surface area contributed by atoms with E-state index in [1.165, 1.54) is 44.2 Å². The number of halogens is 3. The number of carbonyl (C=O) groups excluding carboxylic acids is 13. The number of aliphatic carboxylic acids is 1. The molecule has 1 saturated heterocycles. The molecular weight excluding hydrogens is 1410 g/mol. The Bertz CT molecular complexity index is 3230. The van der Waals surface area contributed by atoms with Crippen LogP contribution in [0.25, 0.3) is 0 Å². The largest absolute Gasteiger partial charge is 0.490 e. The van der Waals surface area contributed by atoms with Gasteiger partial charge in [0.1, 0.15) is 59.5 Å². The Morgan fingerprint density at radius 3 is 1.73 bits per heavy atom. The predicted molar refractivity (Wildman–Crippen MR) is 372 cm³/mol. The third-order valence-corrected chi connectivity index (χ3v) is 16.6. The molecule has 0 aromatic heterocycles. The van der Waals surface area contributed by atoms with Crippen LogP contribution in [0.4, 0.5) is 18.0 Å². The van der Waals surface area contributed by atoms with Gasteiger partial charge < -0.3 is 111 Å².